The number of hydrogen-bond acceptors (Lipinski definition) is 8. The van der Waals surface area contributed by atoms with Gasteiger partial charge in [-0.15, -0.1) is 0 Å². The monoisotopic (exact) mass is 470 g/mol. The molecule has 8 atom stereocenters. The van der Waals surface area contributed by atoms with Crippen molar-refractivity contribution >= 4 is 23.6 Å². The third-order valence-electron chi connectivity index (χ3n) is 9.42. The molecule has 8 rings (SSSR count). The molecule has 4 aliphatic carbocycles. The van der Waals surface area contributed by atoms with Crippen molar-refractivity contribution in [3.8, 4) is 0 Å². The zero-order chi connectivity index (χ0) is 23.1. The number of allylic oxidation sites excluding steroid dienone is 2. The van der Waals surface area contributed by atoms with E-state index in [1.165, 1.54) is 9.80 Å². The normalized spacial score (nSPS) is 43.9. The van der Waals surface area contributed by atoms with E-state index in [-0.39, 0.29) is 59.1 Å². The van der Waals surface area contributed by atoms with Crippen LogP contribution in [0.15, 0.2) is 12.2 Å². The van der Waals surface area contributed by atoms with Gasteiger partial charge in [-0.3, -0.25) is 38.8 Å². The van der Waals surface area contributed by atoms with Crippen LogP contribution in [0.25, 0.3) is 0 Å². The number of likely N-dealkylation sites (tertiary alicyclic amines) is 2. The van der Waals surface area contributed by atoms with Crippen molar-refractivity contribution in [2.24, 2.45) is 47.3 Å². The maximum Gasteiger partial charge on any atom is 0.234 e. The van der Waals surface area contributed by atoms with E-state index in [2.05, 4.69) is 22.0 Å². The summed E-state index contributed by atoms with van der Waals surface area (Å²) < 4.78 is 10.8. The quantitative estimate of drug-likeness (QED) is 0.375. The van der Waals surface area contributed by atoms with Crippen molar-refractivity contribution in [3.05, 3.63) is 12.2 Å². The van der Waals surface area contributed by atoms with Crippen LogP contribution < -0.4 is 0 Å². The zero-order valence-corrected chi connectivity index (χ0v) is 19.1. The van der Waals surface area contributed by atoms with Crippen molar-refractivity contribution < 1.29 is 28.7 Å². The summed E-state index contributed by atoms with van der Waals surface area (Å²) in [5, 5.41) is 0. The summed E-state index contributed by atoms with van der Waals surface area (Å²) >= 11 is 0. The molecule has 10 heteroatoms. The average molecular weight is 471 g/mol. The van der Waals surface area contributed by atoms with Crippen molar-refractivity contribution in [1.82, 2.24) is 19.6 Å². The van der Waals surface area contributed by atoms with Crippen LogP contribution in [-0.2, 0) is 28.7 Å². The van der Waals surface area contributed by atoms with E-state index in [9.17, 15) is 19.2 Å². The summed E-state index contributed by atoms with van der Waals surface area (Å²) in [6, 6.07) is 0. The molecule has 0 aromatic rings. The summed E-state index contributed by atoms with van der Waals surface area (Å²) in [5.41, 5.74) is 0. The van der Waals surface area contributed by atoms with Crippen molar-refractivity contribution in [3.63, 3.8) is 0 Å². The number of carbonyl (C=O) groups is 4. The Morgan fingerprint density at radius 1 is 0.588 bits per heavy atom. The van der Waals surface area contributed by atoms with Gasteiger partial charge in [0.15, 0.2) is 0 Å². The standard InChI is InChI=1S/C24H30N4O6/c29-21-17-13-1-2-14(18(17)22(30)27(21)11-25-3-7-33-8-4-25)16-15(13)19-20(16)24(32)28(23(19)31)12-26-5-9-34-10-6-26/h1-2,13-20H,3-12H2/t13-,14+,15-,16-,17+,18+,19-,20-/m1/s1. The molecule has 4 amide bonds. The average Bonchev–Trinajstić information content (AvgIpc) is 3.21. The van der Waals surface area contributed by atoms with Gasteiger partial charge < -0.3 is 9.47 Å². The van der Waals surface area contributed by atoms with E-state index in [0.717, 1.165) is 0 Å². The molecule has 34 heavy (non-hydrogen) atoms. The number of nitrogens with zero attached hydrogens (tertiary/aromatic N) is 4. The summed E-state index contributed by atoms with van der Waals surface area (Å²) in [6.45, 7) is 5.87. The second-order valence-corrected chi connectivity index (χ2v) is 10.8. The van der Waals surface area contributed by atoms with Crippen LogP contribution in [0.1, 0.15) is 0 Å². The number of imide groups is 2. The SMILES string of the molecule is O=C1[C@H]2[C@H]3C=C[C@@H]([C@@H]2C(=O)N1CN1CCOCC1)[C@H]1[C@H]2C(=O)N(CN4CCOCC4)C(=O)[C@@H]2[C@H]31. The van der Waals surface area contributed by atoms with Crippen molar-refractivity contribution in [2.75, 3.05) is 65.9 Å². The minimum Gasteiger partial charge on any atom is -0.379 e. The van der Waals surface area contributed by atoms with Gasteiger partial charge in [-0.05, 0) is 23.7 Å². The molecule has 4 heterocycles. The van der Waals surface area contributed by atoms with Gasteiger partial charge in [-0.2, -0.15) is 0 Å². The fraction of sp³-hybridized carbons (Fsp3) is 0.750. The number of morpholine rings is 2. The van der Waals surface area contributed by atoms with Gasteiger partial charge in [-0.25, -0.2) is 0 Å². The molecule has 0 unspecified atom stereocenters. The summed E-state index contributed by atoms with van der Waals surface area (Å²) in [7, 11) is 0. The number of hydrogen-bond donors (Lipinski definition) is 0. The minimum atomic E-state index is -0.401. The van der Waals surface area contributed by atoms with E-state index in [0.29, 0.717) is 65.9 Å². The number of carbonyl (C=O) groups excluding carboxylic acids is 4. The first-order chi connectivity index (χ1) is 16.6. The van der Waals surface area contributed by atoms with Crippen LogP contribution >= 0.6 is 0 Å². The highest BCUT2D eigenvalue weighted by Crippen LogP contribution is 2.68. The first-order valence-electron chi connectivity index (χ1n) is 12.6. The van der Waals surface area contributed by atoms with Crippen LogP contribution in [-0.4, -0.2) is 109 Å². The number of rotatable bonds is 4. The number of ether oxygens (including phenoxy) is 2. The molecule has 4 aliphatic heterocycles. The van der Waals surface area contributed by atoms with Gasteiger partial charge in [0.1, 0.15) is 0 Å². The second kappa shape index (κ2) is 7.68. The lowest BCUT2D eigenvalue weighted by atomic mass is 9.40. The maximum atomic E-state index is 13.5. The van der Waals surface area contributed by atoms with Gasteiger partial charge in [0.05, 0.1) is 63.4 Å². The van der Waals surface area contributed by atoms with Crippen LogP contribution in [0.4, 0.5) is 0 Å². The van der Waals surface area contributed by atoms with E-state index < -0.39 is 11.8 Å². The van der Waals surface area contributed by atoms with Crippen LogP contribution in [0.3, 0.4) is 0 Å². The molecule has 0 aromatic carbocycles. The summed E-state index contributed by atoms with van der Waals surface area (Å²) in [4.78, 5) is 60.8. The Morgan fingerprint density at radius 2 is 0.941 bits per heavy atom. The van der Waals surface area contributed by atoms with Gasteiger partial charge in [-0.1, -0.05) is 12.2 Å². The fourth-order valence-electron chi connectivity index (χ4n) is 7.89. The highest BCUT2D eigenvalue weighted by Gasteiger charge is 2.75. The molecule has 2 bridgehead atoms. The van der Waals surface area contributed by atoms with Crippen LogP contribution in [0, 0.1) is 47.3 Å². The third kappa shape index (κ3) is 2.76. The van der Waals surface area contributed by atoms with E-state index in [4.69, 9.17) is 9.47 Å². The molecule has 6 fully saturated rings. The molecular formula is C24H30N4O6. The number of amides is 4. The predicted molar refractivity (Wildman–Crippen MR) is 115 cm³/mol. The second-order valence-electron chi connectivity index (χ2n) is 10.8. The lowest BCUT2D eigenvalue weighted by Crippen LogP contribution is -2.63. The highest BCUT2D eigenvalue weighted by atomic mass is 16.5. The summed E-state index contributed by atoms with van der Waals surface area (Å²) in [6.07, 6.45) is 4.13. The Morgan fingerprint density at radius 3 is 1.32 bits per heavy atom. The molecule has 4 saturated heterocycles. The minimum absolute atomic E-state index is 0.0209. The maximum absolute atomic E-state index is 13.5. The topological polar surface area (TPSA) is 99.7 Å². The van der Waals surface area contributed by atoms with Gasteiger partial charge in [0, 0.05) is 26.2 Å². The van der Waals surface area contributed by atoms with E-state index in [1.807, 2.05) is 0 Å². The van der Waals surface area contributed by atoms with Gasteiger partial charge in [0.25, 0.3) is 0 Å². The van der Waals surface area contributed by atoms with Crippen molar-refractivity contribution in [2.45, 2.75) is 0 Å². The Bertz CT molecular complexity index is 917. The Hall–Kier alpha value is -2.14. The lowest BCUT2D eigenvalue weighted by molar-refractivity contribution is -0.166. The highest BCUT2D eigenvalue weighted by molar-refractivity contribution is 6.09. The molecule has 0 radical (unpaired) electrons. The molecule has 0 aromatic heterocycles. The summed E-state index contributed by atoms with van der Waals surface area (Å²) in [5.74, 6) is -2.25. The van der Waals surface area contributed by atoms with Crippen molar-refractivity contribution in [1.29, 1.82) is 0 Å². The number of fused-ring (bicyclic) bond motifs is 1. The molecule has 182 valence electrons. The van der Waals surface area contributed by atoms with Crippen LogP contribution in [0.5, 0.6) is 0 Å². The largest absolute Gasteiger partial charge is 0.379 e. The smallest absolute Gasteiger partial charge is 0.234 e. The van der Waals surface area contributed by atoms with Gasteiger partial charge >= 0.3 is 0 Å². The first kappa shape index (κ1) is 21.2. The molecule has 10 nitrogen and oxygen atoms in total. The fourth-order valence-corrected chi connectivity index (χ4v) is 7.89. The Kier molecular flexibility index (Phi) is 4.78. The van der Waals surface area contributed by atoms with E-state index in [1.54, 1.807) is 0 Å². The Balaban J connectivity index is 1.13. The van der Waals surface area contributed by atoms with Crippen LogP contribution in [0.2, 0.25) is 0 Å². The molecule has 0 spiro atoms. The zero-order valence-electron chi connectivity index (χ0n) is 19.1. The molecule has 8 aliphatic rings. The first-order valence-corrected chi connectivity index (χ1v) is 12.6. The molecule has 2 saturated carbocycles. The third-order valence-corrected chi connectivity index (χ3v) is 9.42. The Labute approximate surface area is 197 Å². The lowest BCUT2D eigenvalue weighted by Gasteiger charge is -2.60. The van der Waals surface area contributed by atoms with E-state index >= 15 is 0 Å². The predicted octanol–water partition coefficient (Wildman–Crippen LogP) is -1.17. The molecule has 0 N–H and O–H groups in total. The van der Waals surface area contributed by atoms with Gasteiger partial charge in [0.2, 0.25) is 23.6 Å². The molecular weight excluding hydrogens is 440 g/mol.